The van der Waals surface area contributed by atoms with Crippen molar-refractivity contribution < 1.29 is 19.4 Å². The minimum atomic E-state index is -1.27. The van der Waals surface area contributed by atoms with Gasteiger partial charge in [-0.1, -0.05) is 26.2 Å². The number of ether oxygens (including phenoxy) is 1. The Morgan fingerprint density at radius 1 is 1.42 bits per heavy atom. The first-order valence-electron chi connectivity index (χ1n) is 6.90. The van der Waals surface area contributed by atoms with Crippen LogP contribution in [0.5, 0.6) is 0 Å². The number of carbonyl (C=O) groups is 2. The number of hydrogen-bond acceptors (Lipinski definition) is 3. The predicted molar refractivity (Wildman–Crippen MR) is 71.1 cm³/mol. The maximum Gasteiger partial charge on any atom is 0.332 e. The Kier molecular flexibility index (Phi) is 6.08. The van der Waals surface area contributed by atoms with E-state index in [9.17, 15) is 14.7 Å². The van der Waals surface area contributed by atoms with Gasteiger partial charge in [0.05, 0.1) is 6.61 Å². The molecule has 0 bridgehead atoms. The van der Waals surface area contributed by atoms with Crippen molar-refractivity contribution in [2.45, 2.75) is 57.5 Å². The zero-order valence-electron chi connectivity index (χ0n) is 11.7. The van der Waals surface area contributed by atoms with Gasteiger partial charge in [0.25, 0.3) is 0 Å². The van der Waals surface area contributed by atoms with Crippen molar-refractivity contribution in [2.24, 2.45) is 0 Å². The van der Waals surface area contributed by atoms with Gasteiger partial charge in [0.2, 0.25) is 0 Å². The van der Waals surface area contributed by atoms with Crippen LogP contribution in [0.1, 0.15) is 46.0 Å². The third-order valence-corrected chi connectivity index (χ3v) is 3.40. The van der Waals surface area contributed by atoms with Crippen LogP contribution in [-0.2, 0) is 9.53 Å². The molecular weight excluding hydrogens is 248 g/mol. The van der Waals surface area contributed by atoms with E-state index < -0.39 is 17.5 Å². The van der Waals surface area contributed by atoms with Gasteiger partial charge >= 0.3 is 12.0 Å². The summed E-state index contributed by atoms with van der Waals surface area (Å²) in [4.78, 5) is 23.0. The van der Waals surface area contributed by atoms with Gasteiger partial charge in [0.1, 0.15) is 0 Å². The number of carboxylic acid groups (broad SMARTS) is 1. The van der Waals surface area contributed by atoms with Crippen LogP contribution in [0.4, 0.5) is 4.79 Å². The van der Waals surface area contributed by atoms with Gasteiger partial charge in [0, 0.05) is 19.1 Å². The molecule has 110 valence electrons. The van der Waals surface area contributed by atoms with E-state index in [1.807, 2.05) is 6.92 Å². The summed E-state index contributed by atoms with van der Waals surface area (Å²) in [6, 6.07) is -0.392. The summed E-state index contributed by atoms with van der Waals surface area (Å²) in [7, 11) is 0. The lowest BCUT2D eigenvalue weighted by molar-refractivity contribution is -0.144. The lowest BCUT2D eigenvalue weighted by atomic mass is 9.99. The van der Waals surface area contributed by atoms with Crippen LogP contribution in [0.2, 0.25) is 0 Å². The van der Waals surface area contributed by atoms with Crippen LogP contribution in [0.15, 0.2) is 0 Å². The van der Waals surface area contributed by atoms with Crippen LogP contribution >= 0.6 is 0 Å². The van der Waals surface area contributed by atoms with Crippen molar-refractivity contribution in [1.29, 1.82) is 0 Å². The van der Waals surface area contributed by atoms with Gasteiger partial charge in [-0.25, -0.2) is 9.59 Å². The van der Waals surface area contributed by atoms with Gasteiger partial charge in [-0.3, -0.25) is 0 Å². The van der Waals surface area contributed by atoms with E-state index in [-0.39, 0.29) is 12.6 Å². The fraction of sp³-hybridized carbons (Fsp3) is 0.846. The highest BCUT2D eigenvalue weighted by molar-refractivity contribution is 5.86. The number of urea groups is 1. The average molecular weight is 272 g/mol. The Morgan fingerprint density at radius 2 is 2.16 bits per heavy atom. The zero-order chi connectivity index (χ0) is 14.3. The normalized spacial score (nSPS) is 23.9. The van der Waals surface area contributed by atoms with Gasteiger partial charge in [-0.05, 0) is 13.3 Å². The summed E-state index contributed by atoms with van der Waals surface area (Å²) in [5.41, 5.74) is -1.27. The molecule has 0 aliphatic carbocycles. The van der Waals surface area contributed by atoms with Gasteiger partial charge < -0.3 is 20.5 Å². The number of aliphatic carboxylic acids is 1. The second-order valence-corrected chi connectivity index (χ2v) is 5.19. The molecule has 6 nitrogen and oxygen atoms in total. The number of rotatable bonds is 7. The van der Waals surface area contributed by atoms with E-state index in [4.69, 9.17) is 4.74 Å². The third-order valence-electron chi connectivity index (χ3n) is 3.40. The first kappa shape index (κ1) is 15.8. The van der Waals surface area contributed by atoms with E-state index >= 15 is 0 Å². The molecule has 0 aromatic heterocycles. The van der Waals surface area contributed by atoms with Crippen LogP contribution in [0, 0.1) is 0 Å². The molecule has 6 heteroatoms. The highest BCUT2D eigenvalue weighted by Crippen LogP contribution is 2.18. The lowest BCUT2D eigenvalue weighted by Crippen LogP contribution is -2.58. The molecule has 1 rings (SSSR count). The summed E-state index contributed by atoms with van der Waals surface area (Å²) in [6.07, 6.45) is 4.54. The first-order valence-corrected chi connectivity index (χ1v) is 6.90. The standard InChI is InChI=1S/C13H24N2O4/c1-3-4-5-6-10(2)14-12(18)15-13(11(16)17)7-8-19-9-13/h10H,3-9H2,1-2H3,(H,16,17)(H2,14,15,18). The molecule has 1 saturated heterocycles. The maximum absolute atomic E-state index is 11.8. The van der Waals surface area contributed by atoms with E-state index in [0.29, 0.717) is 13.0 Å². The minimum absolute atomic E-state index is 0.0277. The quantitative estimate of drug-likeness (QED) is 0.613. The van der Waals surface area contributed by atoms with E-state index in [2.05, 4.69) is 17.6 Å². The van der Waals surface area contributed by atoms with Gasteiger partial charge in [0.15, 0.2) is 5.54 Å². The molecule has 0 spiro atoms. The highest BCUT2D eigenvalue weighted by atomic mass is 16.5. The van der Waals surface area contributed by atoms with E-state index in [1.54, 1.807) is 0 Å². The highest BCUT2D eigenvalue weighted by Gasteiger charge is 2.44. The molecule has 1 aliphatic rings. The predicted octanol–water partition coefficient (Wildman–Crippen LogP) is 1.50. The molecule has 1 aliphatic heterocycles. The van der Waals surface area contributed by atoms with Crippen molar-refractivity contribution >= 4 is 12.0 Å². The zero-order valence-corrected chi connectivity index (χ0v) is 11.7. The Morgan fingerprint density at radius 3 is 2.68 bits per heavy atom. The number of carboxylic acids is 1. The third kappa shape index (κ3) is 4.70. The van der Waals surface area contributed by atoms with Gasteiger partial charge in [-0.2, -0.15) is 0 Å². The van der Waals surface area contributed by atoms with Crippen molar-refractivity contribution in [1.82, 2.24) is 10.6 Å². The van der Waals surface area contributed by atoms with E-state index in [1.165, 1.54) is 0 Å². The number of nitrogens with one attached hydrogen (secondary N) is 2. The number of unbranched alkanes of at least 4 members (excludes halogenated alkanes) is 2. The Labute approximate surface area is 113 Å². The topological polar surface area (TPSA) is 87.7 Å². The molecule has 3 N–H and O–H groups in total. The summed E-state index contributed by atoms with van der Waals surface area (Å²) >= 11 is 0. The van der Waals surface area contributed by atoms with Crippen LogP contribution in [0.3, 0.4) is 0 Å². The molecule has 0 saturated carbocycles. The molecule has 0 radical (unpaired) electrons. The summed E-state index contributed by atoms with van der Waals surface area (Å²) < 4.78 is 5.08. The van der Waals surface area contributed by atoms with Crippen molar-refractivity contribution in [3.8, 4) is 0 Å². The monoisotopic (exact) mass is 272 g/mol. The van der Waals surface area contributed by atoms with Crippen molar-refractivity contribution in [3.05, 3.63) is 0 Å². The van der Waals surface area contributed by atoms with Crippen LogP contribution < -0.4 is 10.6 Å². The minimum Gasteiger partial charge on any atom is -0.479 e. The average Bonchev–Trinajstić information content (AvgIpc) is 2.79. The summed E-state index contributed by atoms with van der Waals surface area (Å²) in [5.74, 6) is -1.04. The fourth-order valence-corrected chi connectivity index (χ4v) is 2.14. The second-order valence-electron chi connectivity index (χ2n) is 5.19. The number of amides is 2. The van der Waals surface area contributed by atoms with E-state index in [0.717, 1.165) is 25.7 Å². The van der Waals surface area contributed by atoms with Crippen LogP contribution in [0.25, 0.3) is 0 Å². The first-order chi connectivity index (χ1) is 9.00. The Bertz CT molecular complexity index is 314. The summed E-state index contributed by atoms with van der Waals surface area (Å²) in [5, 5.41) is 14.5. The maximum atomic E-state index is 11.8. The number of carbonyl (C=O) groups excluding carboxylic acids is 1. The van der Waals surface area contributed by atoms with Crippen LogP contribution in [-0.4, -0.2) is 41.9 Å². The lowest BCUT2D eigenvalue weighted by Gasteiger charge is -2.25. The fourth-order valence-electron chi connectivity index (χ4n) is 2.14. The molecule has 19 heavy (non-hydrogen) atoms. The molecule has 2 atom stereocenters. The van der Waals surface area contributed by atoms with Gasteiger partial charge in [-0.15, -0.1) is 0 Å². The molecule has 1 heterocycles. The molecule has 1 fully saturated rings. The SMILES string of the molecule is CCCCCC(C)NC(=O)NC1(C(=O)O)CCOC1. The molecule has 2 amide bonds. The molecule has 0 aromatic rings. The molecule has 2 unspecified atom stereocenters. The molecule has 0 aromatic carbocycles. The summed E-state index contributed by atoms with van der Waals surface area (Å²) in [6.45, 7) is 4.44. The molecular formula is C13H24N2O4. The smallest absolute Gasteiger partial charge is 0.332 e. The van der Waals surface area contributed by atoms with Crippen molar-refractivity contribution in [3.63, 3.8) is 0 Å². The Hall–Kier alpha value is -1.30. The Balaban J connectivity index is 2.39. The van der Waals surface area contributed by atoms with Crippen molar-refractivity contribution in [2.75, 3.05) is 13.2 Å². The number of hydrogen-bond donors (Lipinski definition) is 3. The second kappa shape index (κ2) is 7.33. The largest absolute Gasteiger partial charge is 0.479 e.